The fourth-order valence-electron chi connectivity index (χ4n) is 2.58. The molecular weight excluding hydrogens is 290 g/mol. The molecule has 6 heteroatoms. The van der Waals surface area contributed by atoms with E-state index in [0.29, 0.717) is 6.04 Å². The summed E-state index contributed by atoms with van der Waals surface area (Å²) in [5, 5.41) is 3.38. The Morgan fingerprint density at radius 3 is 2.30 bits per heavy atom. The molecule has 1 saturated heterocycles. The summed E-state index contributed by atoms with van der Waals surface area (Å²) in [4.78, 5) is 22.7. The fourth-order valence-corrected chi connectivity index (χ4v) is 2.58. The van der Waals surface area contributed by atoms with Gasteiger partial charge in [0.1, 0.15) is 0 Å². The molecule has 0 aromatic rings. The maximum Gasteiger partial charge on any atom is 0.219 e. The van der Waals surface area contributed by atoms with Crippen molar-refractivity contribution in [3.8, 4) is 0 Å². The van der Waals surface area contributed by atoms with Crippen LogP contribution in [0, 0.1) is 0 Å². The van der Waals surface area contributed by atoms with Gasteiger partial charge < -0.3 is 20.0 Å². The summed E-state index contributed by atoms with van der Waals surface area (Å²) in [6.45, 7) is 14.4. The second-order valence-electron chi connectivity index (χ2n) is 6.51. The molecule has 0 aromatic carbocycles. The quantitative estimate of drug-likeness (QED) is 0.435. The van der Waals surface area contributed by atoms with Gasteiger partial charge in [-0.3, -0.25) is 9.79 Å². The SMILES string of the molecule is CCNC(=NCCCCN(C)C(C)C)N1CCN(C(C)=O)CC1. The summed E-state index contributed by atoms with van der Waals surface area (Å²) < 4.78 is 0. The second-order valence-corrected chi connectivity index (χ2v) is 6.51. The number of guanidine groups is 1. The van der Waals surface area contributed by atoms with Gasteiger partial charge in [-0.25, -0.2) is 0 Å². The third kappa shape index (κ3) is 7.20. The number of amides is 1. The van der Waals surface area contributed by atoms with Crippen LogP contribution in [-0.4, -0.2) is 85.5 Å². The second kappa shape index (κ2) is 10.5. The molecule has 1 N–H and O–H groups in total. The molecule has 0 unspecified atom stereocenters. The number of unbranched alkanes of at least 4 members (excludes halogenated alkanes) is 1. The highest BCUT2D eigenvalue weighted by Gasteiger charge is 2.20. The molecule has 23 heavy (non-hydrogen) atoms. The van der Waals surface area contributed by atoms with Crippen molar-refractivity contribution < 1.29 is 4.79 Å². The highest BCUT2D eigenvalue weighted by atomic mass is 16.2. The lowest BCUT2D eigenvalue weighted by Gasteiger charge is -2.36. The van der Waals surface area contributed by atoms with E-state index in [1.54, 1.807) is 6.92 Å². The van der Waals surface area contributed by atoms with E-state index in [1.807, 2.05) is 4.90 Å². The first-order valence-electron chi connectivity index (χ1n) is 8.94. The molecule has 1 aliphatic rings. The van der Waals surface area contributed by atoms with Gasteiger partial charge in [-0.2, -0.15) is 0 Å². The van der Waals surface area contributed by atoms with Gasteiger partial charge in [-0.15, -0.1) is 0 Å². The average Bonchev–Trinajstić information content (AvgIpc) is 2.53. The van der Waals surface area contributed by atoms with Gasteiger partial charge >= 0.3 is 0 Å². The van der Waals surface area contributed by atoms with Crippen molar-refractivity contribution >= 4 is 11.9 Å². The number of rotatable bonds is 7. The van der Waals surface area contributed by atoms with Crippen LogP contribution in [0.5, 0.6) is 0 Å². The minimum Gasteiger partial charge on any atom is -0.357 e. The molecule has 1 amide bonds. The minimum atomic E-state index is 0.167. The van der Waals surface area contributed by atoms with E-state index in [2.05, 4.69) is 42.9 Å². The van der Waals surface area contributed by atoms with E-state index in [0.717, 1.165) is 58.2 Å². The molecule has 0 aromatic heterocycles. The number of nitrogens with zero attached hydrogens (tertiary/aromatic N) is 4. The van der Waals surface area contributed by atoms with Crippen LogP contribution in [-0.2, 0) is 4.79 Å². The van der Waals surface area contributed by atoms with E-state index >= 15 is 0 Å². The minimum absolute atomic E-state index is 0.167. The third-order valence-corrected chi connectivity index (χ3v) is 4.42. The molecule has 6 nitrogen and oxygen atoms in total. The molecule has 1 heterocycles. The van der Waals surface area contributed by atoms with Crippen LogP contribution in [0.4, 0.5) is 0 Å². The van der Waals surface area contributed by atoms with E-state index in [9.17, 15) is 4.79 Å². The average molecular weight is 326 g/mol. The number of piperazine rings is 1. The molecule has 0 bridgehead atoms. The maximum absolute atomic E-state index is 11.4. The lowest BCUT2D eigenvalue weighted by Crippen LogP contribution is -2.53. The van der Waals surface area contributed by atoms with Crippen LogP contribution < -0.4 is 5.32 Å². The third-order valence-electron chi connectivity index (χ3n) is 4.42. The molecule has 0 atom stereocenters. The monoisotopic (exact) mass is 325 g/mol. The smallest absolute Gasteiger partial charge is 0.219 e. The van der Waals surface area contributed by atoms with Crippen LogP contribution in [0.1, 0.15) is 40.5 Å². The summed E-state index contributed by atoms with van der Waals surface area (Å²) >= 11 is 0. The Balaban J connectivity index is 2.37. The van der Waals surface area contributed by atoms with E-state index in [4.69, 9.17) is 4.99 Å². The molecular formula is C17H35N5O. The summed E-state index contributed by atoms with van der Waals surface area (Å²) in [7, 11) is 2.17. The summed E-state index contributed by atoms with van der Waals surface area (Å²) in [5.74, 6) is 1.16. The molecule has 1 rings (SSSR count). The Bertz CT molecular complexity index is 375. The standard InChI is InChI=1S/C17H35N5O/c1-6-18-17(19-9-7-8-10-20(5)15(2)3)22-13-11-21(12-14-22)16(4)23/h15H,6-14H2,1-5H3,(H,18,19). The molecule has 1 fully saturated rings. The van der Waals surface area contributed by atoms with Crippen LogP contribution in [0.2, 0.25) is 0 Å². The molecule has 0 spiro atoms. The zero-order chi connectivity index (χ0) is 17.2. The highest BCUT2D eigenvalue weighted by molar-refractivity contribution is 5.80. The Morgan fingerprint density at radius 1 is 1.17 bits per heavy atom. The van der Waals surface area contributed by atoms with Crippen LogP contribution in [0.25, 0.3) is 0 Å². The van der Waals surface area contributed by atoms with Crippen LogP contribution in [0.15, 0.2) is 4.99 Å². The summed E-state index contributed by atoms with van der Waals surface area (Å²) in [5.41, 5.74) is 0. The van der Waals surface area contributed by atoms with Gasteiger partial charge in [-0.05, 0) is 47.2 Å². The number of carbonyl (C=O) groups excluding carboxylic acids is 1. The summed E-state index contributed by atoms with van der Waals surface area (Å²) in [6.07, 6.45) is 2.29. The van der Waals surface area contributed by atoms with Crippen LogP contribution >= 0.6 is 0 Å². The molecule has 1 aliphatic heterocycles. The lowest BCUT2D eigenvalue weighted by molar-refractivity contribution is -0.130. The van der Waals surface area contributed by atoms with Gasteiger partial charge in [0.2, 0.25) is 5.91 Å². The first-order chi connectivity index (χ1) is 11.0. The number of hydrogen-bond donors (Lipinski definition) is 1. The number of hydrogen-bond acceptors (Lipinski definition) is 3. The van der Waals surface area contributed by atoms with E-state index in [1.165, 1.54) is 6.42 Å². The largest absolute Gasteiger partial charge is 0.357 e. The van der Waals surface area contributed by atoms with Gasteiger partial charge in [0.05, 0.1) is 0 Å². The molecule has 0 aliphatic carbocycles. The van der Waals surface area contributed by atoms with Gasteiger partial charge in [0, 0.05) is 52.2 Å². The Morgan fingerprint density at radius 2 is 1.78 bits per heavy atom. The van der Waals surface area contributed by atoms with Crippen molar-refractivity contribution in [2.45, 2.75) is 46.6 Å². The lowest BCUT2D eigenvalue weighted by atomic mass is 10.2. The van der Waals surface area contributed by atoms with Gasteiger partial charge in [-0.1, -0.05) is 0 Å². The fraction of sp³-hybridized carbons (Fsp3) is 0.882. The van der Waals surface area contributed by atoms with Crippen molar-refractivity contribution in [1.29, 1.82) is 0 Å². The zero-order valence-electron chi connectivity index (χ0n) is 15.6. The van der Waals surface area contributed by atoms with Crippen LogP contribution in [0.3, 0.4) is 0 Å². The van der Waals surface area contributed by atoms with Crippen molar-refractivity contribution in [2.75, 3.05) is 52.9 Å². The Kier molecular flexibility index (Phi) is 8.99. The first kappa shape index (κ1) is 19.7. The predicted molar refractivity (Wildman–Crippen MR) is 96.8 cm³/mol. The van der Waals surface area contributed by atoms with Gasteiger partial charge in [0.15, 0.2) is 5.96 Å². The number of nitrogens with one attached hydrogen (secondary N) is 1. The number of aliphatic imine (C=N–C) groups is 1. The Labute approximate surface area is 141 Å². The van der Waals surface area contributed by atoms with Gasteiger partial charge in [0.25, 0.3) is 0 Å². The first-order valence-corrected chi connectivity index (χ1v) is 8.94. The summed E-state index contributed by atoms with van der Waals surface area (Å²) in [6, 6.07) is 0.605. The van der Waals surface area contributed by atoms with Crippen molar-refractivity contribution in [1.82, 2.24) is 20.0 Å². The van der Waals surface area contributed by atoms with Crippen molar-refractivity contribution in [2.24, 2.45) is 4.99 Å². The molecule has 0 saturated carbocycles. The Hall–Kier alpha value is -1.30. The molecule has 134 valence electrons. The predicted octanol–water partition coefficient (Wildman–Crippen LogP) is 1.24. The highest BCUT2D eigenvalue weighted by Crippen LogP contribution is 2.04. The normalized spacial score (nSPS) is 16.4. The van der Waals surface area contributed by atoms with E-state index < -0.39 is 0 Å². The van der Waals surface area contributed by atoms with E-state index in [-0.39, 0.29) is 5.91 Å². The van der Waals surface area contributed by atoms with Crippen molar-refractivity contribution in [3.05, 3.63) is 0 Å². The van der Waals surface area contributed by atoms with Crippen molar-refractivity contribution in [3.63, 3.8) is 0 Å². The maximum atomic E-state index is 11.4. The topological polar surface area (TPSA) is 51.2 Å². The zero-order valence-corrected chi connectivity index (χ0v) is 15.6. The number of carbonyl (C=O) groups is 1. The molecule has 0 radical (unpaired) electrons.